The Morgan fingerprint density at radius 3 is 2.54 bits per heavy atom. The van der Waals surface area contributed by atoms with Crippen LogP contribution in [0.15, 0.2) is 64.2 Å². The van der Waals surface area contributed by atoms with Crippen LogP contribution in [-0.2, 0) is 10.0 Å². The highest BCUT2D eigenvalue weighted by atomic mass is 32.2. The Hall–Kier alpha value is -2.51. The van der Waals surface area contributed by atoms with Gasteiger partial charge in [-0.05, 0) is 25.0 Å². The van der Waals surface area contributed by atoms with Crippen molar-refractivity contribution >= 4 is 10.0 Å². The third-order valence-electron chi connectivity index (χ3n) is 4.94. The minimum atomic E-state index is -3.70. The molecule has 0 N–H and O–H groups in total. The molecule has 0 amide bonds. The number of sulfonamides is 1. The Morgan fingerprint density at radius 2 is 1.86 bits per heavy atom. The highest BCUT2D eigenvalue weighted by Gasteiger charge is 2.40. The summed E-state index contributed by atoms with van der Waals surface area (Å²) in [7, 11) is -3.70. The Bertz CT molecular complexity index is 1050. The molecule has 0 spiro atoms. The van der Waals surface area contributed by atoms with Gasteiger partial charge in [-0.1, -0.05) is 50.2 Å². The standard InChI is InChI=1S/C21H23N3O3S/c1-15(2)20-19(16-9-4-3-5-10-16)23-21(27-20)17-11-8-14-24(17)28(25,26)18-12-6-7-13-22-18/h3-7,9-10,12-13,15,17H,8,11,14H2,1-2H3. The van der Waals surface area contributed by atoms with E-state index < -0.39 is 16.1 Å². The SMILES string of the molecule is CC(C)c1oc(C2CCCN2S(=O)(=O)c2ccccn2)nc1-c1ccccc1. The summed E-state index contributed by atoms with van der Waals surface area (Å²) < 4.78 is 33.8. The van der Waals surface area contributed by atoms with E-state index in [1.54, 1.807) is 12.1 Å². The van der Waals surface area contributed by atoms with Crippen molar-refractivity contribution in [3.05, 3.63) is 66.4 Å². The van der Waals surface area contributed by atoms with Gasteiger partial charge in [0.05, 0.1) is 0 Å². The molecule has 7 heteroatoms. The van der Waals surface area contributed by atoms with Gasteiger partial charge in [0.2, 0.25) is 5.89 Å². The summed E-state index contributed by atoms with van der Waals surface area (Å²) in [5.41, 5.74) is 1.76. The van der Waals surface area contributed by atoms with Gasteiger partial charge in [0.15, 0.2) is 5.03 Å². The lowest BCUT2D eigenvalue weighted by Gasteiger charge is -2.21. The summed E-state index contributed by atoms with van der Waals surface area (Å²) in [6, 6.07) is 14.3. The van der Waals surface area contributed by atoms with E-state index >= 15 is 0 Å². The van der Waals surface area contributed by atoms with Crippen molar-refractivity contribution in [2.24, 2.45) is 0 Å². The lowest BCUT2D eigenvalue weighted by molar-refractivity contribution is 0.316. The van der Waals surface area contributed by atoms with Gasteiger partial charge in [-0.15, -0.1) is 0 Å². The topological polar surface area (TPSA) is 76.3 Å². The first-order chi connectivity index (χ1) is 13.5. The molecule has 1 aliphatic heterocycles. The number of hydrogen-bond acceptors (Lipinski definition) is 5. The van der Waals surface area contributed by atoms with Crippen molar-refractivity contribution in [1.82, 2.24) is 14.3 Å². The number of aromatic nitrogens is 2. The molecule has 3 aromatic rings. The number of hydrogen-bond donors (Lipinski definition) is 0. The average molecular weight is 398 g/mol. The third-order valence-corrected chi connectivity index (χ3v) is 6.77. The number of pyridine rings is 1. The van der Waals surface area contributed by atoms with E-state index in [9.17, 15) is 8.42 Å². The van der Waals surface area contributed by atoms with Crippen LogP contribution in [0.4, 0.5) is 0 Å². The molecule has 0 aliphatic carbocycles. The van der Waals surface area contributed by atoms with Crippen LogP contribution in [0.2, 0.25) is 0 Å². The molecule has 0 radical (unpaired) electrons. The molecular weight excluding hydrogens is 374 g/mol. The van der Waals surface area contributed by atoms with E-state index in [-0.39, 0.29) is 10.9 Å². The molecule has 146 valence electrons. The van der Waals surface area contributed by atoms with Gasteiger partial charge in [-0.3, -0.25) is 0 Å². The van der Waals surface area contributed by atoms with Gasteiger partial charge >= 0.3 is 0 Å². The summed E-state index contributed by atoms with van der Waals surface area (Å²) in [6.45, 7) is 4.53. The van der Waals surface area contributed by atoms with Gasteiger partial charge in [0, 0.05) is 24.2 Å². The normalized spacial score (nSPS) is 18.0. The number of oxazole rings is 1. The number of benzene rings is 1. The van der Waals surface area contributed by atoms with E-state index in [0.717, 1.165) is 23.4 Å². The quantitative estimate of drug-likeness (QED) is 0.638. The van der Waals surface area contributed by atoms with E-state index in [1.165, 1.54) is 16.6 Å². The summed E-state index contributed by atoms with van der Waals surface area (Å²) in [6.07, 6.45) is 2.93. The van der Waals surface area contributed by atoms with Crippen molar-refractivity contribution in [3.63, 3.8) is 0 Å². The molecule has 28 heavy (non-hydrogen) atoms. The molecule has 0 saturated carbocycles. The van der Waals surface area contributed by atoms with E-state index in [1.807, 2.05) is 44.2 Å². The minimum Gasteiger partial charge on any atom is -0.443 e. The number of nitrogens with zero attached hydrogens (tertiary/aromatic N) is 3. The predicted molar refractivity (Wildman–Crippen MR) is 106 cm³/mol. The Balaban J connectivity index is 1.74. The lowest BCUT2D eigenvalue weighted by Crippen LogP contribution is -2.31. The maximum Gasteiger partial charge on any atom is 0.261 e. The summed E-state index contributed by atoms with van der Waals surface area (Å²) >= 11 is 0. The fourth-order valence-corrected chi connectivity index (χ4v) is 5.17. The fraction of sp³-hybridized carbons (Fsp3) is 0.333. The van der Waals surface area contributed by atoms with E-state index in [0.29, 0.717) is 18.9 Å². The molecule has 6 nitrogen and oxygen atoms in total. The first-order valence-corrected chi connectivity index (χ1v) is 10.9. The van der Waals surface area contributed by atoms with Crippen molar-refractivity contribution in [3.8, 4) is 11.3 Å². The molecule has 1 unspecified atom stereocenters. The van der Waals surface area contributed by atoms with E-state index in [2.05, 4.69) is 4.98 Å². The van der Waals surface area contributed by atoms with Gasteiger partial charge in [0.1, 0.15) is 17.5 Å². The van der Waals surface area contributed by atoms with Crippen LogP contribution < -0.4 is 0 Å². The van der Waals surface area contributed by atoms with Crippen LogP contribution >= 0.6 is 0 Å². The van der Waals surface area contributed by atoms with Gasteiger partial charge < -0.3 is 4.42 Å². The summed E-state index contributed by atoms with van der Waals surface area (Å²) in [5, 5.41) is 0.0563. The number of rotatable bonds is 5. The molecule has 3 heterocycles. The fourth-order valence-electron chi connectivity index (χ4n) is 3.58. The van der Waals surface area contributed by atoms with Crippen LogP contribution in [0.1, 0.15) is 50.3 Å². The van der Waals surface area contributed by atoms with Crippen LogP contribution in [0, 0.1) is 0 Å². The monoisotopic (exact) mass is 397 g/mol. The Labute approximate surface area is 165 Å². The van der Waals surface area contributed by atoms with Gasteiger partial charge in [0.25, 0.3) is 10.0 Å². The van der Waals surface area contributed by atoms with Gasteiger partial charge in [-0.25, -0.2) is 18.4 Å². The third kappa shape index (κ3) is 3.36. The first kappa shape index (κ1) is 18.8. The predicted octanol–water partition coefficient (Wildman–Crippen LogP) is 4.39. The second kappa shape index (κ2) is 7.48. The van der Waals surface area contributed by atoms with E-state index in [4.69, 9.17) is 9.40 Å². The van der Waals surface area contributed by atoms with Gasteiger partial charge in [-0.2, -0.15) is 4.31 Å². The summed E-state index contributed by atoms with van der Waals surface area (Å²) in [5.74, 6) is 1.38. The molecular formula is C21H23N3O3S. The zero-order valence-corrected chi connectivity index (χ0v) is 16.8. The summed E-state index contributed by atoms with van der Waals surface area (Å²) in [4.78, 5) is 8.79. The molecule has 1 aromatic carbocycles. The van der Waals surface area contributed by atoms with Crippen molar-refractivity contribution in [2.75, 3.05) is 6.54 Å². The Kier molecular flexibility index (Phi) is 5.03. The Morgan fingerprint density at radius 1 is 1.11 bits per heavy atom. The maximum absolute atomic E-state index is 13.1. The van der Waals surface area contributed by atoms with Crippen LogP contribution in [0.3, 0.4) is 0 Å². The molecule has 2 aromatic heterocycles. The molecule has 4 rings (SSSR count). The smallest absolute Gasteiger partial charge is 0.261 e. The molecule has 0 bridgehead atoms. The zero-order valence-electron chi connectivity index (χ0n) is 15.9. The maximum atomic E-state index is 13.1. The largest absolute Gasteiger partial charge is 0.443 e. The second-order valence-electron chi connectivity index (χ2n) is 7.23. The van der Waals surface area contributed by atoms with Crippen LogP contribution in [0.5, 0.6) is 0 Å². The minimum absolute atomic E-state index is 0.0563. The van der Waals surface area contributed by atoms with Crippen LogP contribution in [-0.4, -0.2) is 29.2 Å². The highest BCUT2D eigenvalue weighted by molar-refractivity contribution is 7.89. The van der Waals surface area contributed by atoms with Crippen molar-refractivity contribution < 1.29 is 12.8 Å². The van der Waals surface area contributed by atoms with Crippen LogP contribution in [0.25, 0.3) is 11.3 Å². The second-order valence-corrected chi connectivity index (χ2v) is 9.06. The lowest BCUT2D eigenvalue weighted by atomic mass is 10.0. The molecule has 1 fully saturated rings. The van der Waals surface area contributed by atoms with Crippen molar-refractivity contribution in [1.29, 1.82) is 0 Å². The average Bonchev–Trinajstić information content (AvgIpc) is 3.37. The first-order valence-electron chi connectivity index (χ1n) is 9.47. The van der Waals surface area contributed by atoms with Crippen molar-refractivity contribution in [2.45, 2.75) is 43.7 Å². The zero-order chi connectivity index (χ0) is 19.7. The molecule has 1 aliphatic rings. The molecule has 1 saturated heterocycles. The molecule has 1 atom stereocenters. The highest BCUT2D eigenvalue weighted by Crippen LogP contribution is 2.39.